The number of aromatic nitrogens is 3. The van der Waals surface area contributed by atoms with Gasteiger partial charge in [-0.3, -0.25) is 19.4 Å². The minimum Gasteiger partial charge on any atom is -0.350 e. The molecule has 0 radical (unpaired) electrons. The second-order valence-electron chi connectivity index (χ2n) is 6.92. The quantitative estimate of drug-likeness (QED) is 0.733. The van der Waals surface area contributed by atoms with Gasteiger partial charge >= 0.3 is 0 Å². The number of likely N-dealkylation sites (tertiary alicyclic amines) is 1. The lowest BCUT2D eigenvalue weighted by Crippen LogP contribution is -2.39. The summed E-state index contributed by atoms with van der Waals surface area (Å²) in [4.78, 5) is 14.9. The first-order valence-corrected chi connectivity index (χ1v) is 9.71. The average Bonchev–Trinajstić information content (AvgIpc) is 3.24. The third-order valence-electron chi connectivity index (χ3n) is 5.03. The summed E-state index contributed by atoms with van der Waals surface area (Å²) in [5, 5.41) is 10.2. The van der Waals surface area contributed by atoms with Crippen LogP contribution in [0.25, 0.3) is 0 Å². The van der Waals surface area contributed by atoms with Crippen LogP contribution in [0.4, 0.5) is 0 Å². The molecule has 2 N–H and O–H groups in total. The van der Waals surface area contributed by atoms with Crippen molar-refractivity contribution in [2.45, 2.75) is 51.7 Å². The molecule has 2 atom stereocenters. The van der Waals surface area contributed by atoms with Crippen molar-refractivity contribution in [1.82, 2.24) is 25.0 Å². The zero-order valence-electron chi connectivity index (χ0n) is 15.4. The molecule has 0 spiro atoms. The summed E-state index contributed by atoms with van der Waals surface area (Å²) in [5.74, 6) is 0.845. The maximum absolute atomic E-state index is 12.5. The largest absolute Gasteiger partial charge is 0.350 e. The summed E-state index contributed by atoms with van der Waals surface area (Å²) < 4.78 is 2.31. The summed E-state index contributed by atoms with van der Waals surface area (Å²) in [6, 6.07) is 11.0. The number of nitrogens with zero attached hydrogens (tertiary/aromatic N) is 3. The lowest BCUT2D eigenvalue weighted by Gasteiger charge is -2.24. The van der Waals surface area contributed by atoms with Gasteiger partial charge in [0.2, 0.25) is 5.91 Å². The van der Waals surface area contributed by atoms with Crippen LogP contribution in [-0.4, -0.2) is 44.7 Å². The molecule has 6 nitrogen and oxygen atoms in total. The third-order valence-corrected chi connectivity index (χ3v) is 5.34. The second kappa shape index (κ2) is 8.60. The molecule has 1 fully saturated rings. The monoisotopic (exact) mass is 373 g/mol. The molecule has 1 aliphatic heterocycles. The Labute approximate surface area is 159 Å². The van der Waals surface area contributed by atoms with Crippen LogP contribution in [0.2, 0.25) is 0 Å². The third kappa shape index (κ3) is 4.40. The van der Waals surface area contributed by atoms with Crippen LogP contribution in [0.1, 0.15) is 44.1 Å². The Morgan fingerprint density at radius 1 is 1.42 bits per heavy atom. The number of amides is 1. The molecule has 0 saturated carbocycles. The van der Waals surface area contributed by atoms with Gasteiger partial charge < -0.3 is 5.32 Å². The highest BCUT2D eigenvalue weighted by Gasteiger charge is 2.27. The zero-order valence-corrected chi connectivity index (χ0v) is 16.3. The predicted molar refractivity (Wildman–Crippen MR) is 104 cm³/mol. The van der Waals surface area contributed by atoms with Gasteiger partial charge in [-0.2, -0.15) is 5.10 Å². The number of aromatic amines is 1. The van der Waals surface area contributed by atoms with E-state index in [1.165, 1.54) is 5.56 Å². The van der Waals surface area contributed by atoms with Crippen molar-refractivity contribution < 1.29 is 4.79 Å². The molecule has 0 bridgehead atoms. The van der Waals surface area contributed by atoms with Gasteiger partial charge in [-0.05, 0) is 37.5 Å². The fourth-order valence-corrected chi connectivity index (χ4v) is 3.76. The van der Waals surface area contributed by atoms with Crippen molar-refractivity contribution in [3.8, 4) is 0 Å². The fraction of sp³-hybridized carbons (Fsp3) is 0.526. The van der Waals surface area contributed by atoms with E-state index >= 15 is 0 Å². The predicted octanol–water partition coefficient (Wildman–Crippen LogP) is 2.84. The Hall–Kier alpha value is -1.99. The minimum absolute atomic E-state index is 0.000864. The van der Waals surface area contributed by atoms with E-state index in [0.717, 1.165) is 38.2 Å². The molecule has 1 aromatic carbocycles. The van der Waals surface area contributed by atoms with Gasteiger partial charge in [0.1, 0.15) is 12.4 Å². The molecule has 140 valence electrons. The molecule has 2 aromatic rings. The Morgan fingerprint density at radius 2 is 2.19 bits per heavy atom. The normalized spacial score (nSPS) is 18.8. The molecule has 2 heterocycles. The van der Waals surface area contributed by atoms with Crippen LogP contribution >= 0.6 is 12.2 Å². The van der Waals surface area contributed by atoms with E-state index in [2.05, 4.69) is 58.5 Å². The van der Waals surface area contributed by atoms with Crippen LogP contribution in [-0.2, 0) is 17.8 Å². The van der Waals surface area contributed by atoms with E-state index < -0.39 is 0 Å². The topological polar surface area (TPSA) is 66.0 Å². The summed E-state index contributed by atoms with van der Waals surface area (Å²) in [7, 11) is 0. The molecule has 1 aromatic heterocycles. The Kier molecular flexibility index (Phi) is 6.21. The first-order chi connectivity index (χ1) is 12.6. The van der Waals surface area contributed by atoms with Crippen molar-refractivity contribution in [3.05, 3.63) is 46.5 Å². The number of benzene rings is 1. The molecule has 0 aliphatic carbocycles. The smallest absolute Gasteiger partial charge is 0.240 e. The van der Waals surface area contributed by atoms with E-state index in [-0.39, 0.29) is 18.5 Å². The highest BCUT2D eigenvalue weighted by molar-refractivity contribution is 7.71. The molecular weight excluding hydrogens is 346 g/mol. The Bertz CT molecular complexity index is 785. The highest BCUT2D eigenvalue weighted by Crippen LogP contribution is 2.24. The van der Waals surface area contributed by atoms with Crippen molar-refractivity contribution >= 4 is 18.1 Å². The van der Waals surface area contributed by atoms with E-state index in [0.29, 0.717) is 10.8 Å². The first kappa shape index (κ1) is 18.8. The number of carbonyl (C=O) groups is 1. The second-order valence-corrected chi connectivity index (χ2v) is 7.30. The van der Waals surface area contributed by atoms with Gasteiger partial charge in [0.15, 0.2) is 4.77 Å². The summed E-state index contributed by atoms with van der Waals surface area (Å²) in [6.07, 6.45) is 2.75. The standard InChI is InChI=1S/C19H27N5OS/c1-3-7-17-21-22-19(26)24(17)13-18(25)20-16-10-11-23(12-16)14(2)15-8-5-4-6-9-15/h4-6,8-9,14,16H,3,7,10-13H2,1-2H3,(H,20,25)(H,22,26). The van der Waals surface area contributed by atoms with Crippen LogP contribution in [0, 0.1) is 4.77 Å². The average molecular weight is 374 g/mol. The first-order valence-electron chi connectivity index (χ1n) is 9.31. The van der Waals surface area contributed by atoms with Gasteiger partial charge in [-0.1, -0.05) is 37.3 Å². The van der Waals surface area contributed by atoms with Crippen molar-refractivity contribution in [3.63, 3.8) is 0 Å². The Balaban J connectivity index is 1.55. The van der Waals surface area contributed by atoms with Gasteiger partial charge in [0.05, 0.1) is 0 Å². The summed E-state index contributed by atoms with van der Waals surface area (Å²) in [5.41, 5.74) is 1.31. The Morgan fingerprint density at radius 3 is 2.92 bits per heavy atom. The van der Waals surface area contributed by atoms with Crippen LogP contribution in [0.3, 0.4) is 0 Å². The van der Waals surface area contributed by atoms with E-state index in [1.807, 2.05) is 6.07 Å². The molecule has 1 amide bonds. The minimum atomic E-state index is -0.000864. The molecular formula is C19H27N5OS. The van der Waals surface area contributed by atoms with Gasteiger partial charge in [0, 0.05) is 31.6 Å². The maximum Gasteiger partial charge on any atom is 0.240 e. The summed E-state index contributed by atoms with van der Waals surface area (Å²) in [6.45, 7) is 6.41. The van der Waals surface area contributed by atoms with Crippen LogP contribution < -0.4 is 5.32 Å². The number of carbonyl (C=O) groups excluding carboxylic acids is 1. The number of nitrogens with one attached hydrogen (secondary N) is 2. The fourth-order valence-electron chi connectivity index (χ4n) is 3.54. The molecule has 3 rings (SSSR count). The van der Waals surface area contributed by atoms with Crippen molar-refractivity contribution in [1.29, 1.82) is 0 Å². The van der Waals surface area contributed by atoms with Crippen LogP contribution in [0.15, 0.2) is 30.3 Å². The number of hydrogen-bond donors (Lipinski definition) is 2. The van der Waals surface area contributed by atoms with E-state index in [9.17, 15) is 4.79 Å². The van der Waals surface area contributed by atoms with Crippen molar-refractivity contribution in [2.75, 3.05) is 13.1 Å². The molecule has 1 saturated heterocycles. The van der Waals surface area contributed by atoms with E-state index in [4.69, 9.17) is 12.2 Å². The molecule has 26 heavy (non-hydrogen) atoms. The number of H-pyrrole nitrogens is 1. The number of aryl methyl sites for hydroxylation is 1. The van der Waals surface area contributed by atoms with Gasteiger partial charge in [-0.25, -0.2) is 0 Å². The molecule has 7 heteroatoms. The molecule has 1 aliphatic rings. The highest BCUT2D eigenvalue weighted by atomic mass is 32.1. The summed E-state index contributed by atoms with van der Waals surface area (Å²) >= 11 is 5.25. The lowest BCUT2D eigenvalue weighted by atomic mass is 10.1. The maximum atomic E-state index is 12.5. The number of rotatable bonds is 7. The van der Waals surface area contributed by atoms with Crippen LogP contribution in [0.5, 0.6) is 0 Å². The SMILES string of the molecule is CCCc1n[nH]c(=S)n1CC(=O)NC1CCN(C(C)c2ccccc2)C1. The van der Waals surface area contributed by atoms with Gasteiger partial charge in [-0.15, -0.1) is 0 Å². The van der Waals surface area contributed by atoms with Gasteiger partial charge in [0.25, 0.3) is 0 Å². The molecule has 2 unspecified atom stereocenters. The van der Waals surface area contributed by atoms with Crippen molar-refractivity contribution in [2.24, 2.45) is 0 Å². The lowest BCUT2D eigenvalue weighted by molar-refractivity contribution is -0.122. The number of hydrogen-bond acceptors (Lipinski definition) is 4. The zero-order chi connectivity index (χ0) is 18.5. The van der Waals surface area contributed by atoms with E-state index in [1.54, 1.807) is 4.57 Å².